The number of furan rings is 1. The third kappa shape index (κ3) is 3.79. The second-order valence-corrected chi connectivity index (χ2v) is 9.72. The smallest absolute Gasteiger partial charge is 0.142 e. The van der Waals surface area contributed by atoms with Crippen molar-refractivity contribution in [1.82, 2.24) is 9.88 Å². The molecule has 3 aromatic rings. The maximum absolute atomic E-state index is 11.2. The molecule has 0 bridgehead atoms. The van der Waals surface area contributed by atoms with Gasteiger partial charge < -0.3 is 9.32 Å². The minimum Gasteiger partial charge on any atom is -0.460 e. The molecule has 1 unspecified atom stereocenters. The van der Waals surface area contributed by atoms with Crippen molar-refractivity contribution < 1.29 is 4.42 Å². The molecule has 0 radical (unpaired) electrons. The summed E-state index contributed by atoms with van der Waals surface area (Å²) in [5.41, 5.74) is 5.67. The number of aryl methyl sites for hydroxylation is 1. The fourth-order valence-corrected chi connectivity index (χ4v) is 5.48. The third-order valence-electron chi connectivity index (χ3n) is 7.52. The van der Waals surface area contributed by atoms with Crippen molar-refractivity contribution in [2.75, 3.05) is 19.6 Å². The van der Waals surface area contributed by atoms with Gasteiger partial charge in [-0.1, -0.05) is 23.4 Å². The van der Waals surface area contributed by atoms with E-state index in [-0.39, 0.29) is 6.04 Å². The van der Waals surface area contributed by atoms with Crippen LogP contribution < -0.4 is 0 Å². The van der Waals surface area contributed by atoms with Crippen LogP contribution in [0.5, 0.6) is 0 Å². The lowest BCUT2D eigenvalue weighted by Gasteiger charge is -2.31. The predicted octanol–water partition coefficient (Wildman–Crippen LogP) is 6.35. The molecule has 1 saturated carbocycles. The number of nitroso groups, excluding NO2 is 1. The Bertz CT molecular complexity index is 1110. The molecule has 2 aromatic heterocycles. The van der Waals surface area contributed by atoms with Crippen molar-refractivity contribution in [1.29, 1.82) is 0 Å². The van der Waals surface area contributed by atoms with Crippen molar-refractivity contribution in [2.24, 2.45) is 11.1 Å². The first-order chi connectivity index (χ1) is 15.8. The van der Waals surface area contributed by atoms with Gasteiger partial charge in [0.1, 0.15) is 17.6 Å². The van der Waals surface area contributed by atoms with Crippen LogP contribution in [0.3, 0.4) is 0 Å². The Balaban J connectivity index is 1.32. The summed E-state index contributed by atoms with van der Waals surface area (Å²) < 4.78 is 6.57. The molecule has 164 valence electrons. The molecule has 0 amide bonds. The molecular weight excluding hydrogens is 398 g/mol. The zero-order valence-corrected chi connectivity index (χ0v) is 18.4. The van der Waals surface area contributed by atoms with E-state index < -0.39 is 0 Å². The van der Waals surface area contributed by atoms with Crippen LogP contribution in [0.15, 0.2) is 58.4 Å². The molecule has 1 aliphatic heterocycles. The molecule has 5 heteroatoms. The topological polar surface area (TPSA) is 58.7 Å². The van der Waals surface area contributed by atoms with Gasteiger partial charge in [0, 0.05) is 36.0 Å². The first kappa shape index (κ1) is 19.9. The molecule has 0 spiro atoms. The Kier molecular flexibility index (Phi) is 5.14. The summed E-state index contributed by atoms with van der Waals surface area (Å²) in [6.45, 7) is 3.62. The highest BCUT2D eigenvalue weighted by atomic mass is 16.3. The standard InChI is InChI=1S/C27H29N3O2/c31-29-25-6-4-21-15-22(3-5-23(21)25)24-16-26(32-27(24)20-7-11-28-12-8-20)19-9-13-30(14-10-19)17-18-1-2-18/h3,5,7-8,11-12,15-16,18-19,25H,1-2,4,6,9-10,13-14,17H2. The lowest BCUT2D eigenvalue weighted by Crippen LogP contribution is -2.34. The summed E-state index contributed by atoms with van der Waals surface area (Å²) in [4.78, 5) is 18.0. The molecule has 1 aromatic carbocycles. The minimum atomic E-state index is -0.195. The average Bonchev–Trinajstić information content (AvgIpc) is 3.39. The van der Waals surface area contributed by atoms with Crippen molar-refractivity contribution in [2.45, 2.75) is 50.5 Å². The van der Waals surface area contributed by atoms with Crippen LogP contribution in [0, 0.1) is 10.8 Å². The minimum absolute atomic E-state index is 0.195. The summed E-state index contributed by atoms with van der Waals surface area (Å²) in [7, 11) is 0. The normalized spacial score (nSPS) is 21.6. The molecule has 2 fully saturated rings. The van der Waals surface area contributed by atoms with E-state index in [2.05, 4.69) is 39.3 Å². The van der Waals surface area contributed by atoms with Gasteiger partial charge in [0.15, 0.2) is 0 Å². The van der Waals surface area contributed by atoms with Crippen molar-refractivity contribution in [3.05, 3.63) is 70.6 Å². The molecule has 3 heterocycles. The molecular formula is C27H29N3O2. The van der Waals surface area contributed by atoms with Crippen LogP contribution in [-0.2, 0) is 6.42 Å². The van der Waals surface area contributed by atoms with Gasteiger partial charge in [0.25, 0.3) is 0 Å². The molecule has 32 heavy (non-hydrogen) atoms. The molecule has 2 aliphatic carbocycles. The number of aromatic nitrogens is 1. The van der Waals surface area contributed by atoms with Crippen LogP contribution in [-0.4, -0.2) is 29.5 Å². The number of hydrogen-bond acceptors (Lipinski definition) is 5. The number of hydrogen-bond donors (Lipinski definition) is 0. The maximum atomic E-state index is 11.2. The lowest BCUT2D eigenvalue weighted by molar-refractivity contribution is 0.196. The van der Waals surface area contributed by atoms with E-state index in [0.29, 0.717) is 5.92 Å². The molecule has 5 nitrogen and oxygen atoms in total. The molecule has 1 saturated heterocycles. The first-order valence-electron chi connectivity index (χ1n) is 12.0. The quantitative estimate of drug-likeness (QED) is 0.430. The summed E-state index contributed by atoms with van der Waals surface area (Å²) in [6.07, 6.45) is 10.5. The van der Waals surface area contributed by atoms with Crippen LogP contribution in [0.2, 0.25) is 0 Å². The number of likely N-dealkylation sites (tertiary alicyclic amines) is 1. The van der Waals surface area contributed by atoms with Crippen molar-refractivity contribution in [3.8, 4) is 22.5 Å². The fourth-order valence-electron chi connectivity index (χ4n) is 5.48. The third-order valence-corrected chi connectivity index (χ3v) is 7.52. The Morgan fingerprint density at radius 3 is 2.53 bits per heavy atom. The Labute approximate surface area is 188 Å². The Hall–Kier alpha value is -2.79. The zero-order chi connectivity index (χ0) is 21.5. The van der Waals surface area contributed by atoms with Crippen molar-refractivity contribution in [3.63, 3.8) is 0 Å². The van der Waals surface area contributed by atoms with Crippen LogP contribution in [0.1, 0.15) is 61.0 Å². The maximum Gasteiger partial charge on any atom is 0.142 e. The van der Waals surface area contributed by atoms with E-state index in [1.165, 1.54) is 38.0 Å². The summed E-state index contributed by atoms with van der Waals surface area (Å²) in [5.74, 6) is 3.45. The largest absolute Gasteiger partial charge is 0.460 e. The van der Waals surface area contributed by atoms with E-state index in [1.807, 2.05) is 24.5 Å². The van der Waals surface area contributed by atoms with E-state index in [4.69, 9.17) is 4.42 Å². The van der Waals surface area contributed by atoms with Gasteiger partial charge in [-0.2, -0.15) is 4.91 Å². The number of rotatable bonds is 6. The first-order valence-corrected chi connectivity index (χ1v) is 12.0. The van der Waals surface area contributed by atoms with E-state index in [9.17, 15) is 4.91 Å². The van der Waals surface area contributed by atoms with Crippen LogP contribution >= 0.6 is 0 Å². The molecule has 0 N–H and O–H groups in total. The molecule has 3 aliphatic rings. The predicted molar refractivity (Wildman–Crippen MR) is 125 cm³/mol. The number of pyridine rings is 1. The van der Waals surface area contributed by atoms with Gasteiger partial charge in [-0.3, -0.25) is 4.98 Å². The second kappa shape index (κ2) is 8.28. The second-order valence-electron chi connectivity index (χ2n) is 9.72. The SMILES string of the molecule is O=NC1CCc2cc(-c3cc(C4CCN(CC5CC5)CC4)oc3-c3ccncc3)ccc21. The fraction of sp³-hybridized carbons (Fsp3) is 0.444. The Morgan fingerprint density at radius 2 is 1.78 bits per heavy atom. The highest BCUT2D eigenvalue weighted by Crippen LogP contribution is 2.43. The van der Waals surface area contributed by atoms with Gasteiger partial charge in [-0.25, -0.2) is 0 Å². The molecule has 6 rings (SSSR count). The number of benzene rings is 1. The average molecular weight is 428 g/mol. The summed E-state index contributed by atoms with van der Waals surface area (Å²) in [5, 5.41) is 3.31. The van der Waals surface area contributed by atoms with Gasteiger partial charge in [0.05, 0.1) is 0 Å². The van der Waals surface area contributed by atoms with E-state index in [0.717, 1.165) is 65.4 Å². The van der Waals surface area contributed by atoms with Crippen molar-refractivity contribution >= 4 is 0 Å². The Morgan fingerprint density at radius 1 is 0.969 bits per heavy atom. The van der Waals surface area contributed by atoms with E-state index in [1.54, 1.807) is 0 Å². The van der Waals surface area contributed by atoms with Gasteiger partial charge >= 0.3 is 0 Å². The van der Waals surface area contributed by atoms with Crippen LogP contribution in [0.25, 0.3) is 22.5 Å². The van der Waals surface area contributed by atoms with Crippen LogP contribution in [0.4, 0.5) is 0 Å². The highest BCUT2D eigenvalue weighted by Gasteiger charge is 2.30. The highest BCUT2D eigenvalue weighted by molar-refractivity contribution is 5.81. The van der Waals surface area contributed by atoms with Gasteiger partial charge in [-0.05, 0) is 92.4 Å². The summed E-state index contributed by atoms with van der Waals surface area (Å²) >= 11 is 0. The van der Waals surface area contributed by atoms with Gasteiger partial charge in [0.2, 0.25) is 0 Å². The summed E-state index contributed by atoms with van der Waals surface area (Å²) in [6, 6.07) is 12.6. The lowest BCUT2D eigenvalue weighted by atomic mass is 9.92. The number of fused-ring (bicyclic) bond motifs is 1. The van der Waals surface area contributed by atoms with E-state index >= 15 is 0 Å². The van der Waals surface area contributed by atoms with Gasteiger partial charge in [-0.15, -0.1) is 0 Å². The number of piperidine rings is 1. The number of nitrogens with zero attached hydrogens (tertiary/aromatic N) is 3. The molecule has 1 atom stereocenters. The zero-order valence-electron chi connectivity index (χ0n) is 18.4. The monoisotopic (exact) mass is 427 g/mol.